The molecule has 1 atom stereocenters. The van der Waals surface area contributed by atoms with Crippen molar-refractivity contribution in [1.82, 2.24) is 45.3 Å². The van der Waals surface area contributed by atoms with Crippen LogP contribution >= 0.6 is 0 Å². The van der Waals surface area contributed by atoms with E-state index in [9.17, 15) is 28.8 Å². The van der Waals surface area contributed by atoms with Gasteiger partial charge in [0.15, 0.2) is 5.82 Å². The first-order chi connectivity index (χ1) is 32.2. The van der Waals surface area contributed by atoms with E-state index in [0.29, 0.717) is 50.5 Å². The zero-order chi connectivity index (χ0) is 47.1. The van der Waals surface area contributed by atoms with Crippen LogP contribution in [0.3, 0.4) is 0 Å². The maximum absolute atomic E-state index is 15.1. The number of piperidine rings is 1. The van der Waals surface area contributed by atoms with Gasteiger partial charge in [0.05, 0.1) is 60.1 Å². The van der Waals surface area contributed by atoms with Crippen molar-refractivity contribution in [3.63, 3.8) is 0 Å². The van der Waals surface area contributed by atoms with Crippen molar-refractivity contribution in [3.05, 3.63) is 70.7 Å². The number of amides is 8. The molecule has 5 aliphatic rings. The molecule has 2 aromatic carbocycles. The van der Waals surface area contributed by atoms with Crippen LogP contribution in [-0.2, 0) is 45.3 Å². The number of rotatable bonds is 11. The van der Waals surface area contributed by atoms with Crippen LogP contribution in [0.15, 0.2) is 42.7 Å². The van der Waals surface area contributed by atoms with Crippen molar-refractivity contribution in [2.45, 2.75) is 56.9 Å². The summed E-state index contributed by atoms with van der Waals surface area (Å²) in [7, 11) is 3.15. The zero-order valence-electron chi connectivity index (χ0n) is 36.8. The topological polar surface area (TPSA) is 218 Å². The van der Waals surface area contributed by atoms with E-state index < -0.39 is 47.4 Å². The van der Waals surface area contributed by atoms with Crippen LogP contribution in [0.25, 0.3) is 11.1 Å². The van der Waals surface area contributed by atoms with E-state index in [1.54, 1.807) is 30.0 Å². The number of alkyl halides is 3. The predicted octanol–water partition coefficient (Wildman–Crippen LogP) is 3.55. The van der Waals surface area contributed by atoms with Gasteiger partial charge in [-0.1, -0.05) is 0 Å². The van der Waals surface area contributed by atoms with Gasteiger partial charge in [-0.15, -0.1) is 0 Å². The number of urea groups is 2. The molecule has 5 aliphatic heterocycles. The van der Waals surface area contributed by atoms with Crippen LogP contribution in [0.5, 0.6) is 0 Å². The summed E-state index contributed by atoms with van der Waals surface area (Å²) < 4.78 is 60.0. The fourth-order valence-corrected chi connectivity index (χ4v) is 9.40. The maximum Gasteiger partial charge on any atom is 0.417 e. The third-order valence-electron chi connectivity index (χ3n) is 12.7. The number of imide groups is 2. The molecule has 0 saturated carbocycles. The SMILES string of the molecule is CNC(=O)N1CCc2c(c(N3CCN(C(=O)NCCOCCNc4ccc5c(c4)C(=O)N(C4CCC(=O)NC4=O)C5=O)c4cc(-c5cnn(C)c5)c(C(F)(F)F)cc43)nn2C2CCOCC2)C1. The van der Waals surface area contributed by atoms with Crippen molar-refractivity contribution in [2.75, 3.05) is 81.3 Å². The standard InChI is InChI=1S/C44H49F3N12O8/c1-48-42(64)55-12-7-33-31(24-55)38(53-59(33)27-8-15-66-16-9-27)56-13-14-57(35-20-29(25-22-51-54(2)23-25)32(21-36(35)56)44(45,46)47)43(65)50-11-18-67-17-10-49-26-3-4-28-30(19-26)41(63)58(40(28)62)34-5-6-37(60)52-39(34)61/h3-4,19-23,27,34,49H,5-18,24H2,1-2H3,(H,48,64)(H,50,65)(H,52,60,61). The average molecular weight is 931 g/mol. The summed E-state index contributed by atoms with van der Waals surface area (Å²) in [5, 5.41) is 20.0. The van der Waals surface area contributed by atoms with Crippen molar-refractivity contribution in [1.29, 1.82) is 0 Å². The molecule has 0 aliphatic carbocycles. The smallest absolute Gasteiger partial charge is 0.383 e. The second-order valence-electron chi connectivity index (χ2n) is 16.8. The van der Waals surface area contributed by atoms with Gasteiger partial charge >= 0.3 is 18.2 Å². The number of nitrogens with zero attached hydrogens (tertiary/aromatic N) is 8. The Kier molecular flexibility index (Phi) is 12.4. The number of benzene rings is 2. The summed E-state index contributed by atoms with van der Waals surface area (Å²) in [4.78, 5) is 82.9. The number of nitrogens with one attached hydrogen (secondary N) is 4. The molecule has 354 valence electrons. The maximum atomic E-state index is 15.1. The normalized spacial score (nSPS) is 18.7. The molecular formula is C44H49F3N12O8. The highest BCUT2D eigenvalue weighted by Crippen LogP contribution is 2.48. The summed E-state index contributed by atoms with van der Waals surface area (Å²) >= 11 is 0. The Hall–Kier alpha value is -7.01. The number of aryl methyl sites for hydroxylation is 1. The lowest BCUT2D eigenvalue weighted by atomic mass is 9.97. The monoisotopic (exact) mass is 930 g/mol. The molecule has 2 saturated heterocycles. The molecule has 67 heavy (non-hydrogen) atoms. The van der Waals surface area contributed by atoms with Crippen molar-refractivity contribution < 1.29 is 51.4 Å². The van der Waals surface area contributed by atoms with Gasteiger partial charge in [0, 0.05) is 102 Å². The van der Waals surface area contributed by atoms with Crippen molar-refractivity contribution in [3.8, 4) is 11.1 Å². The Balaban J connectivity index is 0.901. The van der Waals surface area contributed by atoms with E-state index >= 15 is 13.2 Å². The molecule has 0 radical (unpaired) electrons. The van der Waals surface area contributed by atoms with Gasteiger partial charge in [-0.05, 0) is 55.2 Å². The lowest BCUT2D eigenvalue weighted by molar-refractivity contribution is -0.137. The van der Waals surface area contributed by atoms with E-state index in [-0.39, 0.29) is 104 Å². The van der Waals surface area contributed by atoms with Crippen LogP contribution < -0.4 is 31.1 Å². The van der Waals surface area contributed by atoms with Crippen LogP contribution in [-0.4, -0.2) is 137 Å². The van der Waals surface area contributed by atoms with Gasteiger partial charge in [-0.3, -0.25) is 43.7 Å². The molecule has 9 rings (SSSR count). The second-order valence-corrected chi connectivity index (χ2v) is 16.8. The Morgan fingerprint density at radius 2 is 1.69 bits per heavy atom. The molecule has 4 aromatic rings. The minimum Gasteiger partial charge on any atom is -0.383 e. The van der Waals surface area contributed by atoms with E-state index in [2.05, 4.69) is 26.4 Å². The molecule has 20 nitrogen and oxygen atoms in total. The highest BCUT2D eigenvalue weighted by atomic mass is 19.4. The predicted molar refractivity (Wildman–Crippen MR) is 234 cm³/mol. The quantitative estimate of drug-likeness (QED) is 0.126. The van der Waals surface area contributed by atoms with Gasteiger partial charge < -0.3 is 35.2 Å². The molecular weight excluding hydrogens is 882 g/mol. The number of fused-ring (bicyclic) bond motifs is 3. The molecule has 8 amide bonds. The van der Waals surface area contributed by atoms with E-state index in [1.807, 2.05) is 4.68 Å². The van der Waals surface area contributed by atoms with Gasteiger partial charge in [-0.2, -0.15) is 23.4 Å². The minimum absolute atomic E-state index is 0.00243. The van der Waals surface area contributed by atoms with E-state index in [4.69, 9.17) is 14.6 Å². The highest BCUT2D eigenvalue weighted by molar-refractivity contribution is 6.23. The van der Waals surface area contributed by atoms with E-state index in [1.165, 1.54) is 40.2 Å². The van der Waals surface area contributed by atoms with Crippen molar-refractivity contribution >= 4 is 58.6 Å². The first-order valence-corrected chi connectivity index (χ1v) is 22.1. The molecule has 1 unspecified atom stereocenters. The zero-order valence-corrected chi connectivity index (χ0v) is 36.8. The molecule has 2 aromatic heterocycles. The Labute approximate surface area is 381 Å². The molecule has 23 heteroatoms. The fourth-order valence-electron chi connectivity index (χ4n) is 9.40. The van der Waals surface area contributed by atoms with Crippen LogP contribution in [0.1, 0.15) is 69.3 Å². The number of aromatic nitrogens is 4. The van der Waals surface area contributed by atoms with E-state index in [0.717, 1.165) is 22.2 Å². The van der Waals surface area contributed by atoms with Crippen molar-refractivity contribution in [2.24, 2.45) is 7.05 Å². The lowest BCUT2D eigenvalue weighted by Crippen LogP contribution is -2.54. The molecule has 2 fully saturated rings. The lowest BCUT2D eigenvalue weighted by Gasteiger charge is -2.38. The third kappa shape index (κ3) is 8.75. The summed E-state index contributed by atoms with van der Waals surface area (Å²) in [5.41, 5.74) is 1.97. The number of anilines is 4. The highest BCUT2D eigenvalue weighted by Gasteiger charge is 2.45. The molecule has 0 bridgehead atoms. The summed E-state index contributed by atoms with van der Waals surface area (Å²) in [6.07, 6.45) is 0.0172. The Morgan fingerprint density at radius 3 is 2.42 bits per heavy atom. The molecule has 4 N–H and O–H groups in total. The van der Waals surface area contributed by atoms with Crippen LogP contribution in [0.4, 0.5) is 45.6 Å². The third-order valence-corrected chi connectivity index (χ3v) is 12.7. The first-order valence-electron chi connectivity index (χ1n) is 22.1. The molecule has 7 heterocycles. The number of carbonyl (C=O) groups excluding carboxylic acids is 6. The largest absolute Gasteiger partial charge is 0.417 e. The number of ether oxygens (including phenoxy) is 2. The van der Waals surface area contributed by atoms with Gasteiger partial charge in [0.1, 0.15) is 6.04 Å². The second kappa shape index (κ2) is 18.3. The fraction of sp³-hybridized carbons (Fsp3) is 0.455. The number of carbonyl (C=O) groups is 6. The van der Waals surface area contributed by atoms with Crippen LogP contribution in [0.2, 0.25) is 0 Å². The first kappa shape index (κ1) is 45.2. The Bertz CT molecular complexity index is 2640. The Morgan fingerprint density at radius 1 is 0.910 bits per heavy atom. The summed E-state index contributed by atoms with van der Waals surface area (Å²) in [6.45, 7) is 2.52. The van der Waals surface area contributed by atoms with Gasteiger partial charge in [0.25, 0.3) is 11.8 Å². The average Bonchev–Trinajstić information content (AvgIpc) is 4.00. The number of halogens is 3. The number of hydrogen-bond donors (Lipinski definition) is 4. The molecule has 0 spiro atoms. The summed E-state index contributed by atoms with van der Waals surface area (Å²) in [5.74, 6) is -1.96. The summed E-state index contributed by atoms with van der Waals surface area (Å²) in [6, 6.07) is 5.17. The van der Waals surface area contributed by atoms with Crippen LogP contribution in [0, 0.1) is 0 Å². The number of hydrogen-bond acceptors (Lipinski definition) is 12. The van der Waals surface area contributed by atoms with Gasteiger partial charge in [-0.25, -0.2) is 9.59 Å². The van der Waals surface area contributed by atoms with Gasteiger partial charge in [0.2, 0.25) is 11.8 Å². The minimum atomic E-state index is -4.78.